The van der Waals surface area contributed by atoms with Gasteiger partial charge in [0.15, 0.2) is 17.9 Å². The van der Waals surface area contributed by atoms with Gasteiger partial charge in [-0.2, -0.15) is 0 Å². The molecule has 0 saturated carbocycles. The van der Waals surface area contributed by atoms with E-state index in [4.69, 9.17) is 9.47 Å². The number of rotatable bonds is 7. The van der Waals surface area contributed by atoms with Crippen LogP contribution in [0.1, 0.15) is 47.9 Å². The average molecular weight is 491 g/mol. The van der Waals surface area contributed by atoms with Gasteiger partial charge in [-0.15, -0.1) is 0 Å². The van der Waals surface area contributed by atoms with Crippen molar-refractivity contribution in [3.63, 3.8) is 0 Å². The van der Waals surface area contributed by atoms with Gasteiger partial charge < -0.3 is 40.3 Å². The smallest absolute Gasteiger partial charge is 0.217 e. The van der Waals surface area contributed by atoms with E-state index < -0.39 is 72.3 Å². The SMILES string of the molecule is CC(=O)N[C@H]1[C@H](O[C@H](CC=C(C)C)C2=CC(=O)c3c(O)ccc(O)c3C2=O)O[C@H](CO)[C@@H](O)[C@@H]1O. The van der Waals surface area contributed by atoms with E-state index >= 15 is 0 Å². The van der Waals surface area contributed by atoms with Gasteiger partial charge in [-0.25, -0.2) is 0 Å². The van der Waals surface area contributed by atoms with Crippen LogP contribution in [0, 0.1) is 0 Å². The molecule has 1 fully saturated rings. The fourth-order valence-corrected chi connectivity index (χ4v) is 4.07. The summed E-state index contributed by atoms with van der Waals surface area (Å²) in [6.07, 6.45) is -4.13. The summed E-state index contributed by atoms with van der Waals surface area (Å²) in [4.78, 5) is 37.8. The summed E-state index contributed by atoms with van der Waals surface area (Å²) < 4.78 is 11.6. The van der Waals surface area contributed by atoms with E-state index in [1.54, 1.807) is 19.9 Å². The molecule has 0 unspecified atom stereocenters. The van der Waals surface area contributed by atoms with E-state index in [1.807, 2.05) is 0 Å². The number of hydrogen-bond donors (Lipinski definition) is 6. The van der Waals surface area contributed by atoms with Crippen molar-refractivity contribution in [2.45, 2.75) is 63.9 Å². The number of hydrogen-bond acceptors (Lipinski definition) is 10. The Bertz CT molecular complexity index is 1070. The maximum atomic E-state index is 13.3. The molecule has 1 aromatic rings. The Labute approximate surface area is 201 Å². The van der Waals surface area contributed by atoms with Crippen LogP contribution in [0.2, 0.25) is 0 Å². The Morgan fingerprint density at radius 3 is 2.31 bits per heavy atom. The fourth-order valence-electron chi connectivity index (χ4n) is 4.07. The van der Waals surface area contributed by atoms with Gasteiger partial charge in [0, 0.05) is 12.5 Å². The minimum atomic E-state index is -1.57. The molecule has 1 amide bonds. The monoisotopic (exact) mass is 491 g/mol. The lowest BCUT2D eigenvalue weighted by atomic mass is 9.85. The second-order valence-corrected chi connectivity index (χ2v) is 8.72. The van der Waals surface area contributed by atoms with Crippen molar-refractivity contribution < 1.29 is 49.4 Å². The number of Topliss-reactive ketones (excluding diaryl/α,β-unsaturated/α-hetero) is 1. The number of phenols is 2. The predicted octanol–water partition coefficient (Wildman–Crippen LogP) is 0.0884. The molecule has 1 saturated heterocycles. The molecule has 0 aromatic heterocycles. The van der Waals surface area contributed by atoms with Gasteiger partial charge in [0.25, 0.3) is 0 Å². The molecule has 35 heavy (non-hydrogen) atoms. The van der Waals surface area contributed by atoms with Crippen molar-refractivity contribution in [1.82, 2.24) is 5.32 Å². The number of carbonyl (C=O) groups excluding carboxylic acids is 3. The summed E-state index contributed by atoms with van der Waals surface area (Å²) in [5.74, 6) is -2.99. The number of phenolic OH excluding ortho intramolecular Hbond substituents is 2. The van der Waals surface area contributed by atoms with Crippen LogP contribution in [-0.4, -0.2) is 86.4 Å². The van der Waals surface area contributed by atoms with Crippen LogP contribution in [0.15, 0.2) is 35.4 Å². The molecule has 0 spiro atoms. The molecule has 1 aliphatic carbocycles. The summed E-state index contributed by atoms with van der Waals surface area (Å²) in [6, 6.07) is 0.930. The lowest BCUT2D eigenvalue weighted by molar-refractivity contribution is -0.277. The maximum absolute atomic E-state index is 13.3. The first-order valence-electron chi connectivity index (χ1n) is 11.0. The number of carbonyl (C=O) groups is 3. The molecule has 3 rings (SSSR count). The van der Waals surface area contributed by atoms with Crippen LogP contribution >= 0.6 is 0 Å². The summed E-state index contributed by atoms with van der Waals surface area (Å²) in [5, 5.41) is 53.1. The van der Waals surface area contributed by atoms with Crippen molar-refractivity contribution in [1.29, 1.82) is 0 Å². The third-order valence-electron chi connectivity index (χ3n) is 5.82. The summed E-state index contributed by atoms with van der Waals surface area (Å²) in [5.41, 5.74) is 0.0159. The lowest BCUT2D eigenvalue weighted by Gasteiger charge is -2.43. The average Bonchev–Trinajstić information content (AvgIpc) is 2.79. The predicted molar refractivity (Wildman–Crippen MR) is 121 cm³/mol. The van der Waals surface area contributed by atoms with Crippen molar-refractivity contribution in [3.05, 3.63) is 46.6 Å². The third kappa shape index (κ3) is 5.44. The minimum Gasteiger partial charge on any atom is -0.507 e. The van der Waals surface area contributed by atoms with Crippen LogP contribution in [-0.2, 0) is 14.3 Å². The highest BCUT2D eigenvalue weighted by molar-refractivity contribution is 6.27. The van der Waals surface area contributed by atoms with Crippen molar-refractivity contribution in [3.8, 4) is 11.5 Å². The number of amides is 1. The molecular formula is C24H29NO10. The van der Waals surface area contributed by atoms with E-state index in [1.165, 1.54) is 6.92 Å². The number of benzene rings is 1. The standard InChI is InChI=1S/C24H29NO10/c1-10(2)4-7-16(12-8-15(30)18-13(28)5-6-14(29)19(18)21(12)31)34-24-20(25-11(3)27)23(33)22(32)17(9-26)35-24/h4-6,8,16-17,20,22-24,26,28-29,32-33H,7,9H2,1-3H3,(H,25,27)/t16-,17-,20-,22-,23-,24-/m1/s1. The molecule has 2 aliphatic rings. The second-order valence-electron chi connectivity index (χ2n) is 8.72. The lowest BCUT2D eigenvalue weighted by Crippen LogP contribution is -2.65. The zero-order valence-electron chi connectivity index (χ0n) is 19.5. The van der Waals surface area contributed by atoms with Gasteiger partial charge >= 0.3 is 0 Å². The second kappa shape index (κ2) is 10.7. The number of ketones is 2. The Hall–Kier alpha value is -3.09. The normalized spacial score (nSPS) is 27.0. The Morgan fingerprint density at radius 1 is 1.11 bits per heavy atom. The summed E-state index contributed by atoms with van der Waals surface area (Å²) in [7, 11) is 0. The maximum Gasteiger partial charge on any atom is 0.217 e. The number of aliphatic hydroxyl groups excluding tert-OH is 3. The number of fused-ring (bicyclic) bond motifs is 1. The zero-order valence-corrected chi connectivity index (χ0v) is 19.5. The van der Waals surface area contributed by atoms with E-state index in [2.05, 4.69) is 5.32 Å². The Morgan fingerprint density at radius 2 is 1.74 bits per heavy atom. The van der Waals surface area contributed by atoms with Gasteiger partial charge in [-0.1, -0.05) is 11.6 Å². The number of allylic oxidation sites excluding steroid dienone is 2. The molecule has 0 radical (unpaired) electrons. The minimum absolute atomic E-state index is 0.0667. The van der Waals surface area contributed by atoms with Crippen LogP contribution in [0.4, 0.5) is 0 Å². The molecule has 0 bridgehead atoms. The van der Waals surface area contributed by atoms with E-state index in [-0.39, 0.29) is 23.1 Å². The van der Waals surface area contributed by atoms with Gasteiger partial charge in [-0.05, 0) is 38.5 Å². The number of aliphatic hydroxyl groups is 3. The van der Waals surface area contributed by atoms with Gasteiger partial charge in [0.2, 0.25) is 5.91 Å². The molecule has 6 N–H and O–H groups in total. The number of ether oxygens (including phenoxy) is 2. The van der Waals surface area contributed by atoms with E-state index in [0.29, 0.717) is 0 Å². The van der Waals surface area contributed by atoms with Crippen LogP contribution in [0.3, 0.4) is 0 Å². The highest BCUT2D eigenvalue weighted by atomic mass is 16.7. The summed E-state index contributed by atoms with van der Waals surface area (Å²) >= 11 is 0. The highest BCUT2D eigenvalue weighted by Gasteiger charge is 2.47. The van der Waals surface area contributed by atoms with Crippen LogP contribution in [0.25, 0.3) is 0 Å². The Kier molecular flexibility index (Phi) is 8.08. The van der Waals surface area contributed by atoms with Crippen LogP contribution in [0.5, 0.6) is 11.5 Å². The largest absolute Gasteiger partial charge is 0.507 e. The molecule has 11 nitrogen and oxygen atoms in total. The van der Waals surface area contributed by atoms with E-state index in [0.717, 1.165) is 23.8 Å². The summed E-state index contributed by atoms with van der Waals surface area (Å²) in [6.45, 7) is 4.13. The van der Waals surface area contributed by atoms with Crippen LogP contribution < -0.4 is 5.32 Å². The first kappa shape index (κ1) is 26.5. The third-order valence-corrected chi connectivity index (χ3v) is 5.82. The molecule has 1 heterocycles. The van der Waals surface area contributed by atoms with Gasteiger partial charge in [-0.3, -0.25) is 14.4 Å². The quantitative estimate of drug-likeness (QED) is 0.226. The van der Waals surface area contributed by atoms with Gasteiger partial charge in [0.05, 0.1) is 23.8 Å². The zero-order chi connectivity index (χ0) is 26.0. The van der Waals surface area contributed by atoms with Crippen molar-refractivity contribution in [2.75, 3.05) is 6.61 Å². The molecule has 11 heteroatoms. The van der Waals surface area contributed by atoms with Crippen molar-refractivity contribution in [2.24, 2.45) is 0 Å². The Balaban J connectivity index is 2.02. The fraction of sp³-hybridized carbons (Fsp3) is 0.458. The molecule has 1 aliphatic heterocycles. The topological polar surface area (TPSA) is 183 Å². The highest BCUT2D eigenvalue weighted by Crippen LogP contribution is 2.37. The van der Waals surface area contributed by atoms with Gasteiger partial charge in [0.1, 0.15) is 35.9 Å². The molecule has 1 aromatic carbocycles. The number of aromatic hydroxyl groups is 2. The van der Waals surface area contributed by atoms with E-state index in [9.17, 15) is 39.9 Å². The molecule has 6 atom stereocenters. The number of nitrogens with one attached hydrogen (secondary N) is 1. The van der Waals surface area contributed by atoms with Crippen molar-refractivity contribution >= 4 is 17.5 Å². The first-order valence-corrected chi connectivity index (χ1v) is 11.0. The first-order chi connectivity index (χ1) is 16.5. The molecule has 190 valence electrons. The molecular weight excluding hydrogens is 462 g/mol.